The highest BCUT2D eigenvalue weighted by Crippen LogP contribution is 2.59. The highest BCUT2D eigenvalue weighted by atomic mass is 19.4. The third-order valence-electron chi connectivity index (χ3n) is 4.99. The van der Waals surface area contributed by atoms with Crippen LogP contribution in [0, 0.1) is 11.3 Å². The molecule has 1 unspecified atom stereocenters. The fourth-order valence-corrected chi connectivity index (χ4v) is 3.33. The number of carbonyl (C=O) groups is 2. The Bertz CT molecular complexity index is 682. The van der Waals surface area contributed by atoms with E-state index in [9.17, 15) is 35.9 Å². The van der Waals surface area contributed by atoms with Crippen LogP contribution in [0.2, 0.25) is 0 Å². The minimum Gasteiger partial charge on any atom is -0.426 e. The van der Waals surface area contributed by atoms with E-state index in [1.165, 1.54) is 18.4 Å². The Balaban J connectivity index is 1.89. The van der Waals surface area contributed by atoms with Crippen molar-refractivity contribution < 1.29 is 40.7 Å². The van der Waals surface area contributed by atoms with Crippen molar-refractivity contribution in [2.24, 2.45) is 22.8 Å². The Labute approximate surface area is 161 Å². The highest BCUT2D eigenvalue weighted by Gasteiger charge is 2.61. The van der Waals surface area contributed by atoms with Gasteiger partial charge in [-0.05, 0) is 43.0 Å². The first kappa shape index (κ1) is 22.7. The van der Waals surface area contributed by atoms with Crippen LogP contribution in [0.25, 0.3) is 0 Å². The molecular weight excluding hydrogens is 410 g/mol. The van der Waals surface area contributed by atoms with E-state index >= 15 is 0 Å². The molecule has 0 bridgehead atoms. The van der Waals surface area contributed by atoms with Crippen molar-refractivity contribution in [3.8, 4) is 0 Å². The van der Waals surface area contributed by atoms with Crippen LogP contribution in [0.1, 0.15) is 19.3 Å². The van der Waals surface area contributed by atoms with Gasteiger partial charge in [-0.3, -0.25) is 4.79 Å². The second kappa shape index (κ2) is 8.03. The largest absolute Gasteiger partial charge is 0.434 e. The number of hydrogen-bond donors (Lipinski definition) is 3. The number of allylic oxidation sites excluding steroid dienone is 2. The topological polar surface area (TPSA) is 111 Å². The number of alkyl halides is 6. The van der Waals surface area contributed by atoms with Gasteiger partial charge in [-0.1, -0.05) is 0 Å². The monoisotopic (exact) mass is 430 g/mol. The normalized spacial score (nSPS) is 22.2. The molecule has 2 aliphatic rings. The maximum Gasteiger partial charge on any atom is 0.434 e. The summed E-state index contributed by atoms with van der Waals surface area (Å²) < 4.78 is 78.8. The van der Waals surface area contributed by atoms with Gasteiger partial charge in [0.05, 0.1) is 0 Å². The van der Waals surface area contributed by atoms with Crippen LogP contribution in [0.4, 0.5) is 31.1 Å². The SMILES string of the molecule is N/C=C\C=C(/N)NC(=O)C1CC12CCN(C(=O)OC(C(F)(F)F)C(F)(F)F)CC2. The molecule has 1 saturated carbocycles. The van der Waals surface area contributed by atoms with Crippen LogP contribution in [0.5, 0.6) is 0 Å². The summed E-state index contributed by atoms with van der Waals surface area (Å²) in [4.78, 5) is 24.8. The molecule has 0 aromatic heterocycles. The number of nitrogens with zero attached hydrogens (tertiary/aromatic N) is 1. The summed E-state index contributed by atoms with van der Waals surface area (Å²) in [7, 11) is 0. The van der Waals surface area contributed by atoms with Gasteiger partial charge in [0.1, 0.15) is 5.82 Å². The van der Waals surface area contributed by atoms with E-state index in [2.05, 4.69) is 10.1 Å². The lowest BCUT2D eigenvalue weighted by molar-refractivity contribution is -0.308. The predicted octanol–water partition coefficient (Wildman–Crippen LogP) is 2.11. The van der Waals surface area contributed by atoms with Gasteiger partial charge in [0.15, 0.2) is 0 Å². The first-order chi connectivity index (χ1) is 13.3. The molecule has 164 valence electrons. The Morgan fingerprint density at radius 2 is 1.69 bits per heavy atom. The zero-order chi connectivity index (χ0) is 22.0. The predicted molar refractivity (Wildman–Crippen MR) is 87.5 cm³/mol. The minimum absolute atomic E-state index is 0.0742. The zero-order valence-electron chi connectivity index (χ0n) is 15.0. The molecule has 1 aliphatic carbocycles. The molecule has 7 nitrogen and oxygen atoms in total. The van der Waals surface area contributed by atoms with Gasteiger partial charge in [0, 0.05) is 19.0 Å². The minimum atomic E-state index is -5.77. The summed E-state index contributed by atoms with van der Waals surface area (Å²) in [6.07, 6.45) is -12.4. The third kappa shape index (κ3) is 5.48. The van der Waals surface area contributed by atoms with E-state index in [1.54, 1.807) is 0 Å². The number of piperidine rings is 1. The molecule has 2 rings (SSSR count). The van der Waals surface area contributed by atoms with Gasteiger partial charge in [-0.2, -0.15) is 26.3 Å². The van der Waals surface area contributed by atoms with Crippen molar-refractivity contribution in [3.63, 3.8) is 0 Å². The molecule has 13 heteroatoms. The molecule has 2 amide bonds. The maximum absolute atomic E-state index is 12.5. The maximum atomic E-state index is 12.5. The summed E-state index contributed by atoms with van der Waals surface area (Å²) in [5.74, 6) is -0.688. The molecule has 5 N–H and O–H groups in total. The zero-order valence-corrected chi connectivity index (χ0v) is 15.0. The molecule has 2 fully saturated rings. The third-order valence-corrected chi connectivity index (χ3v) is 4.99. The van der Waals surface area contributed by atoms with E-state index in [-0.39, 0.29) is 37.7 Å². The smallest absolute Gasteiger partial charge is 0.426 e. The van der Waals surface area contributed by atoms with Crippen molar-refractivity contribution in [1.29, 1.82) is 0 Å². The second-order valence-corrected chi connectivity index (χ2v) is 6.95. The molecule has 0 aromatic rings. The van der Waals surface area contributed by atoms with Crippen LogP contribution >= 0.6 is 0 Å². The first-order valence-corrected chi connectivity index (χ1v) is 8.54. The van der Waals surface area contributed by atoms with E-state index in [4.69, 9.17) is 11.5 Å². The molecule has 1 spiro atoms. The molecule has 1 atom stereocenters. The highest BCUT2D eigenvalue weighted by molar-refractivity contribution is 5.84. The molecule has 1 saturated heterocycles. The van der Waals surface area contributed by atoms with Crippen molar-refractivity contribution in [2.75, 3.05) is 13.1 Å². The fraction of sp³-hybridized carbons (Fsp3) is 0.625. The number of amides is 2. The van der Waals surface area contributed by atoms with E-state index < -0.39 is 35.9 Å². The molecule has 1 heterocycles. The van der Waals surface area contributed by atoms with Crippen LogP contribution < -0.4 is 16.8 Å². The van der Waals surface area contributed by atoms with Crippen molar-refractivity contribution in [1.82, 2.24) is 10.2 Å². The summed E-state index contributed by atoms with van der Waals surface area (Å²) in [6.45, 7) is -0.238. The van der Waals surface area contributed by atoms with Crippen LogP contribution in [-0.4, -0.2) is 48.4 Å². The number of nitrogens with one attached hydrogen (secondary N) is 1. The lowest BCUT2D eigenvalue weighted by Crippen LogP contribution is -2.49. The molecule has 1 aliphatic heterocycles. The summed E-state index contributed by atoms with van der Waals surface area (Å²) in [5.41, 5.74) is 10.3. The second-order valence-electron chi connectivity index (χ2n) is 6.95. The van der Waals surface area contributed by atoms with Crippen molar-refractivity contribution >= 4 is 12.0 Å². The van der Waals surface area contributed by atoms with E-state index in [0.29, 0.717) is 6.42 Å². The number of halogens is 6. The number of nitrogens with two attached hydrogens (primary N) is 2. The molecule has 29 heavy (non-hydrogen) atoms. The Morgan fingerprint density at radius 3 is 2.17 bits per heavy atom. The van der Waals surface area contributed by atoms with Gasteiger partial charge in [0.2, 0.25) is 5.91 Å². The summed E-state index contributed by atoms with van der Waals surface area (Å²) in [6, 6.07) is 0. The van der Waals surface area contributed by atoms with Crippen LogP contribution in [-0.2, 0) is 9.53 Å². The van der Waals surface area contributed by atoms with Crippen molar-refractivity contribution in [3.05, 3.63) is 24.2 Å². The standard InChI is InChI=1S/C16H20F6N4O3/c17-15(18,19)12(16(20,21)22)29-13(28)26-6-3-14(4-7-26)8-9(14)11(27)25-10(24)2-1-5-23/h1-2,5,9,12H,3-4,6-8,23-24H2,(H,25,27)/b5-1-,10-2+. The average molecular weight is 430 g/mol. The van der Waals surface area contributed by atoms with Gasteiger partial charge >= 0.3 is 18.4 Å². The number of ether oxygens (including phenoxy) is 1. The Hall–Kier alpha value is -2.60. The number of rotatable bonds is 4. The lowest BCUT2D eigenvalue weighted by atomic mass is 9.91. The van der Waals surface area contributed by atoms with Crippen LogP contribution in [0.3, 0.4) is 0 Å². The molecular formula is C16H20F6N4O3. The molecule has 0 aromatic carbocycles. The molecule has 0 radical (unpaired) electrons. The number of hydrogen-bond acceptors (Lipinski definition) is 5. The first-order valence-electron chi connectivity index (χ1n) is 8.54. The Kier molecular flexibility index (Phi) is 6.28. The van der Waals surface area contributed by atoms with Crippen LogP contribution in [0.15, 0.2) is 24.2 Å². The number of carbonyl (C=O) groups excluding carboxylic acids is 2. The summed E-state index contributed by atoms with van der Waals surface area (Å²) in [5, 5.41) is 2.48. The number of likely N-dealkylation sites (tertiary alicyclic amines) is 1. The van der Waals surface area contributed by atoms with E-state index in [1.807, 2.05) is 0 Å². The quantitative estimate of drug-likeness (QED) is 0.467. The van der Waals surface area contributed by atoms with Crippen molar-refractivity contribution in [2.45, 2.75) is 37.7 Å². The fourth-order valence-electron chi connectivity index (χ4n) is 3.33. The Morgan fingerprint density at radius 1 is 1.14 bits per heavy atom. The lowest BCUT2D eigenvalue weighted by Gasteiger charge is -2.33. The van der Waals surface area contributed by atoms with Gasteiger partial charge in [-0.25, -0.2) is 4.79 Å². The van der Waals surface area contributed by atoms with Gasteiger partial charge in [0.25, 0.3) is 6.10 Å². The summed E-state index contributed by atoms with van der Waals surface area (Å²) >= 11 is 0. The van der Waals surface area contributed by atoms with E-state index in [0.717, 1.165) is 4.90 Å². The average Bonchev–Trinajstić information content (AvgIpc) is 3.29. The van der Waals surface area contributed by atoms with Gasteiger partial charge < -0.3 is 26.4 Å². The van der Waals surface area contributed by atoms with Gasteiger partial charge in [-0.15, -0.1) is 0 Å².